The quantitative estimate of drug-likeness (QED) is 0.0415. The van der Waals surface area contributed by atoms with E-state index in [4.69, 9.17) is 60.1 Å². The second kappa shape index (κ2) is 42.1. The van der Waals surface area contributed by atoms with Crippen molar-refractivity contribution >= 4 is 96.4 Å². The van der Waals surface area contributed by atoms with Crippen LogP contribution < -0.4 is 31.9 Å². The first kappa shape index (κ1) is 81.5. The summed E-state index contributed by atoms with van der Waals surface area (Å²) < 4.78 is 37.4. The van der Waals surface area contributed by atoms with Crippen LogP contribution in [0.25, 0.3) is 33.8 Å². The maximum absolute atomic E-state index is 13.5. The van der Waals surface area contributed by atoms with Gasteiger partial charge in [-0.05, 0) is 194 Å². The molecule has 6 aromatic rings. The van der Waals surface area contributed by atoms with E-state index < -0.39 is 35.3 Å². The Bertz CT molecular complexity index is 3330. The average molecular weight is 1490 g/mol. The number of aliphatic hydroxyl groups is 1. The van der Waals surface area contributed by atoms with Gasteiger partial charge in [0.25, 0.3) is 0 Å². The zero-order chi connectivity index (χ0) is 71.3. The van der Waals surface area contributed by atoms with Gasteiger partial charge in [0.1, 0.15) is 11.2 Å². The molecular weight excluding hydrogens is 1380 g/mol. The SMILES string of the molecule is CC(C)(C)OC(=O)N(CC1CCCCC1)c1nc(-c2cc(F)ncc2Cl)cs1.CC(C)(C)OC(=O)Nc1nc(-c2cc(F)ncc2Cl)cs1.CCCNC1CCC(Cc2cc(-c3csc(NCC4CCCCC4)n3)c(Cl)cn2)CC1.CCCNC1CCC(N)CC1.OCC1CCCCC1. The summed E-state index contributed by atoms with van der Waals surface area (Å²) in [5.41, 5.74) is 9.59. The van der Waals surface area contributed by atoms with Crippen molar-refractivity contribution in [3.05, 3.63) is 85.6 Å². The maximum atomic E-state index is 13.5. The summed E-state index contributed by atoms with van der Waals surface area (Å²) in [6, 6.07) is 6.56. The van der Waals surface area contributed by atoms with E-state index >= 15 is 0 Å². The number of thiazole rings is 3. The molecule has 99 heavy (non-hydrogen) atoms. The van der Waals surface area contributed by atoms with Crippen molar-refractivity contribution in [2.45, 2.75) is 252 Å². The van der Waals surface area contributed by atoms with Gasteiger partial charge in [0.15, 0.2) is 15.4 Å². The van der Waals surface area contributed by atoms with Gasteiger partial charge in [-0.2, -0.15) is 8.78 Å². The van der Waals surface area contributed by atoms with Crippen LogP contribution >= 0.6 is 68.8 Å². The summed E-state index contributed by atoms with van der Waals surface area (Å²) in [7, 11) is 0. The van der Waals surface area contributed by atoms with Crippen molar-refractivity contribution < 1.29 is 33.0 Å². The normalized spacial score (nSPS) is 19.3. The summed E-state index contributed by atoms with van der Waals surface area (Å²) in [6.07, 6.45) is 36.1. The summed E-state index contributed by atoms with van der Waals surface area (Å²) in [5.74, 6) is 1.32. The number of nitrogens with two attached hydrogens (primary N) is 1. The summed E-state index contributed by atoms with van der Waals surface area (Å²) in [4.78, 5) is 51.3. The van der Waals surface area contributed by atoms with E-state index in [1.54, 1.807) is 47.8 Å². The van der Waals surface area contributed by atoms with Crippen LogP contribution in [0.2, 0.25) is 15.1 Å². The Morgan fingerprint density at radius 1 is 0.576 bits per heavy atom. The van der Waals surface area contributed by atoms with Gasteiger partial charge in [-0.3, -0.25) is 15.2 Å². The third kappa shape index (κ3) is 29.5. The van der Waals surface area contributed by atoms with Crippen LogP contribution in [0.15, 0.2) is 52.9 Å². The summed E-state index contributed by atoms with van der Waals surface area (Å²) >= 11 is 22.8. The fraction of sp³-hybridized carbons (Fsp3) is 0.649. The lowest BCUT2D eigenvalue weighted by Crippen LogP contribution is -2.40. The van der Waals surface area contributed by atoms with E-state index in [-0.39, 0.29) is 5.02 Å². The van der Waals surface area contributed by atoms with Gasteiger partial charge in [-0.1, -0.05) is 106 Å². The van der Waals surface area contributed by atoms with Crippen LogP contribution in [0.5, 0.6) is 0 Å². The average Bonchev–Trinajstić information content (AvgIpc) is 1.73. The number of hydrogen-bond donors (Lipinski definition) is 6. The minimum atomic E-state index is -0.649. The highest BCUT2D eigenvalue weighted by Crippen LogP contribution is 2.37. The molecule has 5 fully saturated rings. The van der Waals surface area contributed by atoms with Gasteiger partial charge in [-0.25, -0.2) is 34.5 Å². The number of pyridine rings is 3. The molecule has 25 heteroatoms. The third-order valence-electron chi connectivity index (χ3n) is 18.2. The second-order valence-corrected chi connectivity index (χ2v) is 32.7. The second-order valence-electron chi connectivity index (χ2n) is 29.0. The van der Waals surface area contributed by atoms with Crippen LogP contribution in [-0.4, -0.2) is 109 Å². The minimum absolute atomic E-state index is 0.283. The lowest BCUT2D eigenvalue weighted by Gasteiger charge is -2.30. The first-order chi connectivity index (χ1) is 47.4. The fourth-order valence-electron chi connectivity index (χ4n) is 12.9. The van der Waals surface area contributed by atoms with Crippen LogP contribution in [0, 0.1) is 35.6 Å². The number of amides is 2. The first-order valence-electron chi connectivity index (χ1n) is 36.2. The number of nitrogens with one attached hydrogen (secondary N) is 4. The molecule has 11 rings (SSSR count). The Hall–Kier alpha value is -4.75. The van der Waals surface area contributed by atoms with Crippen molar-refractivity contribution in [1.82, 2.24) is 40.5 Å². The van der Waals surface area contributed by atoms with E-state index in [2.05, 4.69) is 71.5 Å². The molecule has 548 valence electrons. The lowest BCUT2D eigenvalue weighted by molar-refractivity contribution is 0.0570. The molecule has 2 amide bonds. The van der Waals surface area contributed by atoms with Crippen LogP contribution in [-0.2, 0) is 15.9 Å². The molecule has 5 aliphatic carbocycles. The van der Waals surface area contributed by atoms with Gasteiger partial charge >= 0.3 is 12.2 Å². The van der Waals surface area contributed by atoms with E-state index in [1.807, 2.05) is 27.0 Å². The van der Waals surface area contributed by atoms with Crippen molar-refractivity contribution in [1.29, 1.82) is 0 Å². The molecule has 0 radical (unpaired) electrons. The molecule has 0 aliphatic heterocycles. The number of aliphatic hydroxyl groups excluding tert-OH is 1. The number of nitrogens with zero attached hydrogens (tertiary/aromatic N) is 7. The Balaban J connectivity index is 0.000000186. The van der Waals surface area contributed by atoms with E-state index in [9.17, 15) is 18.4 Å². The Morgan fingerprint density at radius 2 is 1.03 bits per heavy atom. The highest BCUT2D eigenvalue weighted by Gasteiger charge is 2.30. The monoisotopic (exact) mass is 1480 g/mol. The molecule has 0 unspecified atom stereocenters. The van der Waals surface area contributed by atoms with E-state index in [0.717, 1.165) is 72.3 Å². The van der Waals surface area contributed by atoms with Crippen molar-refractivity contribution in [3.8, 4) is 33.8 Å². The molecule has 0 saturated heterocycles. The summed E-state index contributed by atoms with van der Waals surface area (Å²) in [5, 5.41) is 30.7. The minimum Gasteiger partial charge on any atom is -0.444 e. The molecule has 5 aliphatic rings. The van der Waals surface area contributed by atoms with Crippen molar-refractivity contribution in [2.24, 2.45) is 29.4 Å². The number of anilines is 3. The molecule has 5 saturated carbocycles. The molecular formula is C74H109Cl3F2N12O5S3. The Kier molecular flexibility index (Phi) is 34.7. The van der Waals surface area contributed by atoms with Gasteiger partial charge in [0, 0.05) is 107 Å². The highest BCUT2D eigenvalue weighted by molar-refractivity contribution is 7.14. The number of aromatic nitrogens is 6. The van der Waals surface area contributed by atoms with Gasteiger partial charge in [0.2, 0.25) is 11.9 Å². The number of halogens is 5. The van der Waals surface area contributed by atoms with Gasteiger partial charge in [-0.15, -0.1) is 34.0 Å². The van der Waals surface area contributed by atoms with Gasteiger partial charge < -0.3 is 36.3 Å². The molecule has 0 bridgehead atoms. The number of carbonyl (C=O) groups excluding carboxylic acids is 2. The number of ether oxygens (including phenoxy) is 2. The zero-order valence-corrected chi connectivity index (χ0v) is 64.3. The first-order valence-corrected chi connectivity index (χ1v) is 39.9. The fourth-order valence-corrected chi connectivity index (χ4v) is 15.7. The molecule has 7 N–H and O–H groups in total. The highest BCUT2D eigenvalue weighted by atomic mass is 35.5. The Labute approximate surface area is 614 Å². The molecule has 0 atom stereocenters. The molecule has 0 aromatic carbocycles. The zero-order valence-electron chi connectivity index (χ0n) is 59.6. The molecule has 17 nitrogen and oxygen atoms in total. The maximum Gasteiger partial charge on any atom is 0.416 e. The van der Waals surface area contributed by atoms with Crippen LogP contribution in [0.4, 0.5) is 33.8 Å². The standard InChI is InChI=1S/C25H37ClN4S.C20H25ClFN3O2S.C13H13ClFN3O2S.C9H20N2.C7H14O/c1-2-12-27-20-10-8-18(9-11-20)13-21-14-22(23(26)16-28-21)24-17-31-25(30-24)29-15-19-6-4-3-5-7-19;1-20(2,3)27-19(26)25(11-13-7-5-4-6-8-13)18-24-16(12-28-18)14-9-17(22)23-10-15(14)21;1-13(2,3)20-12(19)18-11-17-9(6-21-11)7-4-10(15)16-5-8(7)14;1-2-7-11-9-5-3-8(10)4-6-9;8-6-7-4-2-1-3-5-7/h14,16-20,27H,2-13,15H2,1H3,(H,29,30);9-10,12-13H,4-8,11H2,1-3H3;4-6H,1-3H3,(H,17,18,19);8-9,11H,2-7,10H2,1H3;7-8H,1-6H2. The third-order valence-corrected chi connectivity index (χ3v) is 21.6. The summed E-state index contributed by atoms with van der Waals surface area (Å²) in [6.45, 7) is 19.6. The van der Waals surface area contributed by atoms with Crippen molar-refractivity contribution in [2.75, 3.05) is 48.3 Å². The topological polar surface area (TPSA) is 228 Å². The number of hydrogen-bond acceptors (Lipinski definition) is 18. The number of rotatable bonds is 19. The predicted octanol–water partition coefficient (Wildman–Crippen LogP) is 20.4. The van der Waals surface area contributed by atoms with E-state index in [1.165, 1.54) is 201 Å². The van der Waals surface area contributed by atoms with Crippen molar-refractivity contribution in [3.63, 3.8) is 0 Å². The largest absolute Gasteiger partial charge is 0.444 e. The smallest absolute Gasteiger partial charge is 0.416 e. The lowest BCUT2D eigenvalue weighted by atomic mass is 9.83. The van der Waals surface area contributed by atoms with E-state index in [0.29, 0.717) is 79.9 Å². The Morgan fingerprint density at radius 3 is 1.54 bits per heavy atom. The molecule has 0 spiro atoms. The number of carbonyl (C=O) groups is 2. The van der Waals surface area contributed by atoms with Gasteiger partial charge in [0.05, 0.1) is 32.1 Å². The molecule has 6 aromatic heterocycles. The van der Waals surface area contributed by atoms with Crippen LogP contribution in [0.3, 0.4) is 0 Å². The molecule has 6 heterocycles. The predicted molar refractivity (Wildman–Crippen MR) is 406 cm³/mol. The van der Waals surface area contributed by atoms with Crippen LogP contribution in [0.1, 0.15) is 222 Å².